The van der Waals surface area contributed by atoms with Gasteiger partial charge in [-0.2, -0.15) is 0 Å². The Morgan fingerprint density at radius 1 is 1.47 bits per heavy atom. The van der Waals surface area contributed by atoms with Crippen molar-refractivity contribution in [2.45, 2.75) is 51.8 Å². The summed E-state index contributed by atoms with van der Waals surface area (Å²) < 4.78 is 5.49. The van der Waals surface area contributed by atoms with Gasteiger partial charge in [0.2, 0.25) is 0 Å². The lowest BCUT2D eigenvalue weighted by molar-refractivity contribution is -0.0860. The molecule has 1 saturated heterocycles. The predicted molar refractivity (Wildman–Crippen MR) is 70.2 cm³/mol. The molecule has 1 unspecified atom stereocenters. The lowest BCUT2D eigenvalue weighted by atomic mass is 9.98. The SMILES string of the molecule is CC(C)NCC(C)(O)CN1CCOCC1(C)C. The van der Waals surface area contributed by atoms with Gasteiger partial charge in [0.15, 0.2) is 0 Å². The fourth-order valence-electron chi connectivity index (χ4n) is 2.07. The van der Waals surface area contributed by atoms with Crippen LogP contribution >= 0.6 is 0 Å². The maximum Gasteiger partial charge on any atom is 0.0870 e. The molecule has 0 saturated carbocycles. The molecule has 0 aromatic heterocycles. The highest BCUT2D eigenvalue weighted by molar-refractivity contribution is 4.90. The summed E-state index contributed by atoms with van der Waals surface area (Å²) in [7, 11) is 0. The first-order chi connectivity index (χ1) is 7.73. The van der Waals surface area contributed by atoms with Crippen molar-refractivity contribution in [1.29, 1.82) is 0 Å². The standard InChI is InChI=1S/C13H28N2O2/c1-11(2)14-8-13(5,16)9-15-6-7-17-10-12(15,3)4/h11,14,16H,6-10H2,1-5H3. The van der Waals surface area contributed by atoms with Crippen LogP contribution in [0.5, 0.6) is 0 Å². The van der Waals surface area contributed by atoms with E-state index in [1.165, 1.54) is 0 Å². The summed E-state index contributed by atoms with van der Waals surface area (Å²) in [6.07, 6.45) is 0. The van der Waals surface area contributed by atoms with E-state index in [1.807, 2.05) is 6.92 Å². The summed E-state index contributed by atoms with van der Waals surface area (Å²) in [6.45, 7) is 14.1. The van der Waals surface area contributed by atoms with Crippen molar-refractivity contribution in [2.75, 3.05) is 32.8 Å². The highest BCUT2D eigenvalue weighted by Crippen LogP contribution is 2.21. The zero-order chi connectivity index (χ0) is 13.1. The Kier molecular flexibility index (Phi) is 4.95. The van der Waals surface area contributed by atoms with E-state index < -0.39 is 5.60 Å². The van der Waals surface area contributed by atoms with Crippen LogP contribution in [0.4, 0.5) is 0 Å². The minimum absolute atomic E-state index is 0.0140. The first-order valence-corrected chi connectivity index (χ1v) is 6.51. The summed E-state index contributed by atoms with van der Waals surface area (Å²) in [4.78, 5) is 2.32. The molecule has 1 aliphatic rings. The van der Waals surface area contributed by atoms with Crippen LogP contribution in [0.15, 0.2) is 0 Å². The fraction of sp³-hybridized carbons (Fsp3) is 1.00. The summed E-state index contributed by atoms with van der Waals surface area (Å²) >= 11 is 0. The number of morpholine rings is 1. The summed E-state index contributed by atoms with van der Waals surface area (Å²) in [6, 6.07) is 0.402. The van der Waals surface area contributed by atoms with E-state index >= 15 is 0 Å². The number of hydrogen-bond acceptors (Lipinski definition) is 4. The van der Waals surface area contributed by atoms with Crippen LogP contribution in [0, 0.1) is 0 Å². The van der Waals surface area contributed by atoms with Crippen LogP contribution < -0.4 is 5.32 Å². The molecule has 102 valence electrons. The van der Waals surface area contributed by atoms with E-state index in [0.717, 1.165) is 19.8 Å². The maximum atomic E-state index is 10.4. The number of ether oxygens (including phenoxy) is 1. The second-order valence-corrected chi connectivity index (χ2v) is 6.32. The molecule has 1 fully saturated rings. The Labute approximate surface area is 105 Å². The molecular weight excluding hydrogens is 216 g/mol. The van der Waals surface area contributed by atoms with Gasteiger partial charge in [-0.25, -0.2) is 0 Å². The van der Waals surface area contributed by atoms with Crippen LogP contribution in [-0.4, -0.2) is 60.0 Å². The molecule has 0 aromatic rings. The molecule has 1 aliphatic heterocycles. The largest absolute Gasteiger partial charge is 0.388 e. The zero-order valence-corrected chi connectivity index (χ0v) is 11.9. The molecule has 17 heavy (non-hydrogen) atoms. The van der Waals surface area contributed by atoms with Crippen LogP contribution in [-0.2, 0) is 4.74 Å². The molecule has 0 bridgehead atoms. The van der Waals surface area contributed by atoms with Crippen molar-refractivity contribution in [3.63, 3.8) is 0 Å². The topological polar surface area (TPSA) is 44.7 Å². The second kappa shape index (κ2) is 5.65. The molecule has 1 heterocycles. The molecule has 0 aromatic carbocycles. The highest BCUT2D eigenvalue weighted by atomic mass is 16.5. The average molecular weight is 244 g/mol. The molecule has 4 heteroatoms. The third-order valence-corrected chi connectivity index (χ3v) is 3.24. The normalized spacial score (nSPS) is 24.9. The third kappa shape index (κ3) is 4.92. The molecule has 0 spiro atoms. The van der Waals surface area contributed by atoms with Gasteiger partial charge in [-0.1, -0.05) is 13.8 Å². The molecule has 4 nitrogen and oxygen atoms in total. The van der Waals surface area contributed by atoms with Crippen molar-refractivity contribution in [2.24, 2.45) is 0 Å². The Morgan fingerprint density at radius 3 is 2.65 bits per heavy atom. The van der Waals surface area contributed by atoms with Crippen molar-refractivity contribution >= 4 is 0 Å². The Bertz CT molecular complexity index is 240. The Hall–Kier alpha value is -0.160. The van der Waals surface area contributed by atoms with Crippen LogP contribution in [0.2, 0.25) is 0 Å². The fourth-order valence-corrected chi connectivity index (χ4v) is 2.07. The van der Waals surface area contributed by atoms with Gasteiger partial charge in [0, 0.05) is 31.2 Å². The predicted octanol–water partition coefficient (Wildman–Crippen LogP) is 0.846. The van der Waals surface area contributed by atoms with Gasteiger partial charge in [-0.05, 0) is 20.8 Å². The molecule has 2 N–H and O–H groups in total. The molecule has 0 amide bonds. The maximum absolute atomic E-state index is 10.4. The Morgan fingerprint density at radius 2 is 2.12 bits per heavy atom. The highest BCUT2D eigenvalue weighted by Gasteiger charge is 2.35. The number of nitrogens with zero attached hydrogens (tertiary/aromatic N) is 1. The van der Waals surface area contributed by atoms with E-state index in [4.69, 9.17) is 4.74 Å². The summed E-state index contributed by atoms with van der Waals surface area (Å²) in [5, 5.41) is 13.7. The van der Waals surface area contributed by atoms with Crippen molar-refractivity contribution in [1.82, 2.24) is 10.2 Å². The number of nitrogens with one attached hydrogen (secondary N) is 1. The van der Waals surface area contributed by atoms with Crippen LogP contribution in [0.25, 0.3) is 0 Å². The first-order valence-electron chi connectivity index (χ1n) is 6.51. The van der Waals surface area contributed by atoms with Gasteiger partial charge in [0.25, 0.3) is 0 Å². The molecular formula is C13H28N2O2. The lowest BCUT2D eigenvalue weighted by Crippen LogP contribution is -2.59. The molecule has 0 radical (unpaired) electrons. The molecule has 1 atom stereocenters. The number of β-amino-alcohol motifs (C(OH)–C–C–N with tert-alkyl or cyclic N) is 1. The van der Waals surface area contributed by atoms with Gasteiger partial charge < -0.3 is 15.2 Å². The van der Waals surface area contributed by atoms with E-state index in [-0.39, 0.29) is 5.54 Å². The third-order valence-electron chi connectivity index (χ3n) is 3.24. The van der Waals surface area contributed by atoms with Crippen molar-refractivity contribution < 1.29 is 9.84 Å². The van der Waals surface area contributed by atoms with E-state index in [2.05, 4.69) is 37.9 Å². The van der Waals surface area contributed by atoms with E-state index in [9.17, 15) is 5.11 Å². The minimum Gasteiger partial charge on any atom is -0.388 e. The first kappa shape index (κ1) is 14.9. The van der Waals surface area contributed by atoms with E-state index in [0.29, 0.717) is 19.1 Å². The molecule has 0 aliphatic carbocycles. The lowest BCUT2D eigenvalue weighted by Gasteiger charge is -2.45. The van der Waals surface area contributed by atoms with Crippen molar-refractivity contribution in [3.05, 3.63) is 0 Å². The minimum atomic E-state index is -0.696. The monoisotopic (exact) mass is 244 g/mol. The number of rotatable bonds is 5. The smallest absolute Gasteiger partial charge is 0.0870 e. The number of hydrogen-bond donors (Lipinski definition) is 2. The van der Waals surface area contributed by atoms with Gasteiger partial charge in [0.05, 0.1) is 18.8 Å². The quantitative estimate of drug-likeness (QED) is 0.752. The van der Waals surface area contributed by atoms with Gasteiger partial charge in [-0.3, -0.25) is 4.90 Å². The molecule has 1 rings (SSSR count). The van der Waals surface area contributed by atoms with Crippen LogP contribution in [0.1, 0.15) is 34.6 Å². The summed E-state index contributed by atoms with van der Waals surface area (Å²) in [5.41, 5.74) is -0.682. The summed E-state index contributed by atoms with van der Waals surface area (Å²) in [5.74, 6) is 0. The average Bonchev–Trinajstić information content (AvgIpc) is 2.18. The van der Waals surface area contributed by atoms with E-state index in [1.54, 1.807) is 0 Å². The van der Waals surface area contributed by atoms with Gasteiger partial charge in [0.1, 0.15) is 0 Å². The van der Waals surface area contributed by atoms with Gasteiger partial charge in [-0.15, -0.1) is 0 Å². The van der Waals surface area contributed by atoms with Crippen LogP contribution in [0.3, 0.4) is 0 Å². The second-order valence-electron chi connectivity index (χ2n) is 6.32. The Balaban J connectivity index is 2.50. The van der Waals surface area contributed by atoms with Gasteiger partial charge >= 0.3 is 0 Å². The van der Waals surface area contributed by atoms with Crippen molar-refractivity contribution in [3.8, 4) is 0 Å². The number of aliphatic hydroxyl groups is 1. The zero-order valence-electron chi connectivity index (χ0n) is 11.9.